The van der Waals surface area contributed by atoms with Crippen molar-refractivity contribution in [2.75, 3.05) is 26.9 Å². The Labute approximate surface area is 115 Å². The second-order valence-corrected chi connectivity index (χ2v) is 5.43. The van der Waals surface area contributed by atoms with E-state index >= 15 is 0 Å². The summed E-state index contributed by atoms with van der Waals surface area (Å²) in [6.45, 7) is 2.92. The molecule has 1 heterocycles. The molecule has 0 aromatic heterocycles. The fourth-order valence-corrected chi connectivity index (χ4v) is 2.48. The highest BCUT2D eigenvalue weighted by atomic mass is 79.9. The summed E-state index contributed by atoms with van der Waals surface area (Å²) in [7, 11) is 1.73. The molecular formula is C13H18BrNO3. The van der Waals surface area contributed by atoms with Crippen molar-refractivity contribution in [2.24, 2.45) is 0 Å². The van der Waals surface area contributed by atoms with Gasteiger partial charge in [0, 0.05) is 33.2 Å². The maximum Gasteiger partial charge on any atom is 0.129 e. The van der Waals surface area contributed by atoms with E-state index in [-0.39, 0.29) is 11.4 Å². The normalized spacial score (nSPS) is 23.4. The molecule has 1 aliphatic heterocycles. The van der Waals surface area contributed by atoms with Gasteiger partial charge >= 0.3 is 0 Å². The molecule has 100 valence electrons. The lowest BCUT2D eigenvalue weighted by Gasteiger charge is -2.26. The summed E-state index contributed by atoms with van der Waals surface area (Å²) in [5, 5.41) is 12.8. The molecule has 1 aromatic carbocycles. The largest absolute Gasteiger partial charge is 0.507 e. The second-order valence-electron chi connectivity index (χ2n) is 4.58. The lowest BCUT2D eigenvalue weighted by atomic mass is 10.0. The van der Waals surface area contributed by atoms with E-state index < -0.39 is 0 Å². The highest BCUT2D eigenvalue weighted by Gasteiger charge is 2.34. The minimum atomic E-state index is -0.186. The quantitative estimate of drug-likeness (QED) is 0.873. The molecule has 0 radical (unpaired) electrons. The van der Waals surface area contributed by atoms with Crippen molar-refractivity contribution in [3.05, 3.63) is 28.2 Å². The molecule has 2 N–H and O–H groups in total. The molecule has 0 aliphatic carbocycles. The average molecular weight is 316 g/mol. The van der Waals surface area contributed by atoms with Gasteiger partial charge in [-0.2, -0.15) is 0 Å². The van der Waals surface area contributed by atoms with Crippen LogP contribution in [0.4, 0.5) is 0 Å². The highest BCUT2D eigenvalue weighted by Crippen LogP contribution is 2.25. The van der Waals surface area contributed by atoms with E-state index in [4.69, 9.17) is 9.47 Å². The number of hydrogen-bond acceptors (Lipinski definition) is 4. The van der Waals surface area contributed by atoms with Gasteiger partial charge in [0.25, 0.3) is 0 Å². The molecule has 0 saturated carbocycles. The first-order valence-electron chi connectivity index (χ1n) is 5.96. The van der Waals surface area contributed by atoms with Crippen molar-refractivity contribution in [3.63, 3.8) is 0 Å². The molecule has 1 aliphatic rings. The van der Waals surface area contributed by atoms with Crippen LogP contribution in [-0.2, 0) is 16.0 Å². The van der Waals surface area contributed by atoms with Crippen molar-refractivity contribution in [3.8, 4) is 5.75 Å². The predicted molar refractivity (Wildman–Crippen MR) is 72.7 cm³/mol. The molecule has 1 aromatic rings. The van der Waals surface area contributed by atoms with E-state index in [1.807, 2.05) is 12.1 Å². The maximum absolute atomic E-state index is 9.42. The SMILES string of the molecule is COC1(CNCc2ccc(O)c(Br)c2)CCOC1. The number of ether oxygens (including phenoxy) is 2. The molecule has 4 nitrogen and oxygen atoms in total. The number of benzene rings is 1. The molecule has 0 amide bonds. The van der Waals surface area contributed by atoms with Crippen molar-refractivity contribution in [1.29, 1.82) is 0 Å². The molecule has 18 heavy (non-hydrogen) atoms. The fraction of sp³-hybridized carbons (Fsp3) is 0.538. The Hall–Kier alpha value is -0.620. The Balaban J connectivity index is 1.86. The number of hydrogen-bond donors (Lipinski definition) is 2. The average Bonchev–Trinajstić information content (AvgIpc) is 2.83. The van der Waals surface area contributed by atoms with Crippen molar-refractivity contribution >= 4 is 15.9 Å². The Morgan fingerprint density at radius 2 is 2.39 bits per heavy atom. The zero-order valence-corrected chi connectivity index (χ0v) is 12.0. The molecule has 5 heteroatoms. The maximum atomic E-state index is 9.42. The molecule has 1 saturated heterocycles. The Morgan fingerprint density at radius 1 is 1.56 bits per heavy atom. The van der Waals surface area contributed by atoms with Gasteiger partial charge in [0.05, 0.1) is 11.1 Å². The van der Waals surface area contributed by atoms with Crippen LogP contribution in [0.2, 0.25) is 0 Å². The number of phenolic OH excluding ortho intramolecular Hbond substituents is 1. The molecule has 1 atom stereocenters. The van der Waals surface area contributed by atoms with Crippen molar-refractivity contribution in [1.82, 2.24) is 5.32 Å². The van der Waals surface area contributed by atoms with Gasteiger partial charge in [0.15, 0.2) is 0 Å². The summed E-state index contributed by atoms with van der Waals surface area (Å²) >= 11 is 3.31. The third kappa shape index (κ3) is 3.23. The monoisotopic (exact) mass is 315 g/mol. The van der Waals surface area contributed by atoms with Crippen LogP contribution < -0.4 is 5.32 Å². The molecule has 0 spiro atoms. The van der Waals surface area contributed by atoms with E-state index in [0.29, 0.717) is 11.1 Å². The number of aromatic hydroxyl groups is 1. The van der Waals surface area contributed by atoms with E-state index in [1.165, 1.54) is 0 Å². The first-order chi connectivity index (χ1) is 8.65. The summed E-state index contributed by atoms with van der Waals surface area (Å²) in [5.74, 6) is 0.260. The van der Waals surface area contributed by atoms with E-state index in [1.54, 1.807) is 13.2 Å². The predicted octanol–water partition coefficient (Wildman–Crippen LogP) is 2.05. The van der Waals surface area contributed by atoms with Crippen LogP contribution in [0.25, 0.3) is 0 Å². The van der Waals surface area contributed by atoms with Gasteiger partial charge in [-0.05, 0) is 33.6 Å². The van der Waals surface area contributed by atoms with Crippen molar-refractivity contribution < 1.29 is 14.6 Å². The first-order valence-corrected chi connectivity index (χ1v) is 6.75. The fourth-order valence-electron chi connectivity index (χ4n) is 2.06. The van der Waals surface area contributed by atoms with Gasteiger partial charge in [0.1, 0.15) is 11.4 Å². The van der Waals surface area contributed by atoms with Gasteiger partial charge in [-0.25, -0.2) is 0 Å². The minimum absolute atomic E-state index is 0.186. The lowest BCUT2D eigenvalue weighted by Crippen LogP contribution is -2.42. The topological polar surface area (TPSA) is 50.7 Å². The van der Waals surface area contributed by atoms with E-state index in [0.717, 1.165) is 31.7 Å². The molecule has 1 fully saturated rings. The summed E-state index contributed by atoms with van der Waals surface area (Å²) in [6.07, 6.45) is 0.926. The third-order valence-electron chi connectivity index (χ3n) is 3.29. The Bertz CT molecular complexity index is 405. The highest BCUT2D eigenvalue weighted by molar-refractivity contribution is 9.10. The minimum Gasteiger partial charge on any atom is -0.507 e. The number of nitrogens with one attached hydrogen (secondary N) is 1. The van der Waals surface area contributed by atoms with E-state index in [2.05, 4.69) is 21.2 Å². The Kier molecular flexibility index (Phi) is 4.61. The first kappa shape index (κ1) is 13.8. The molecule has 2 rings (SSSR count). The van der Waals surface area contributed by atoms with Crippen LogP contribution in [-0.4, -0.2) is 37.6 Å². The van der Waals surface area contributed by atoms with Crippen molar-refractivity contribution in [2.45, 2.75) is 18.6 Å². The zero-order chi connectivity index (χ0) is 13.0. The lowest BCUT2D eigenvalue weighted by molar-refractivity contribution is -0.0159. The summed E-state index contributed by atoms with van der Waals surface area (Å²) < 4.78 is 11.6. The Morgan fingerprint density at radius 3 is 3.00 bits per heavy atom. The number of methoxy groups -OCH3 is 1. The number of rotatable bonds is 5. The number of phenols is 1. The van der Waals surface area contributed by atoms with Crippen LogP contribution in [0.3, 0.4) is 0 Å². The van der Waals surface area contributed by atoms with Gasteiger partial charge in [-0.15, -0.1) is 0 Å². The standard InChI is InChI=1S/C13H18BrNO3/c1-17-13(4-5-18-9-13)8-15-7-10-2-3-12(16)11(14)6-10/h2-3,6,15-16H,4-5,7-9H2,1H3. The molecular weight excluding hydrogens is 298 g/mol. The van der Waals surface area contributed by atoms with Gasteiger partial charge in [-0.1, -0.05) is 6.07 Å². The van der Waals surface area contributed by atoms with Crippen LogP contribution in [0.5, 0.6) is 5.75 Å². The van der Waals surface area contributed by atoms with E-state index in [9.17, 15) is 5.11 Å². The molecule has 0 bridgehead atoms. The van der Waals surface area contributed by atoms with Crippen LogP contribution in [0.1, 0.15) is 12.0 Å². The third-order valence-corrected chi connectivity index (χ3v) is 3.92. The van der Waals surface area contributed by atoms with Gasteiger partial charge in [-0.3, -0.25) is 0 Å². The van der Waals surface area contributed by atoms with Gasteiger partial charge < -0.3 is 19.9 Å². The zero-order valence-electron chi connectivity index (χ0n) is 10.4. The summed E-state index contributed by atoms with van der Waals surface area (Å²) in [6, 6.07) is 5.50. The van der Waals surface area contributed by atoms with Crippen LogP contribution in [0.15, 0.2) is 22.7 Å². The van der Waals surface area contributed by atoms with Gasteiger partial charge in [0.2, 0.25) is 0 Å². The summed E-state index contributed by atoms with van der Waals surface area (Å²) in [4.78, 5) is 0. The summed E-state index contributed by atoms with van der Waals surface area (Å²) in [5.41, 5.74) is 0.929. The smallest absolute Gasteiger partial charge is 0.129 e. The number of halogens is 1. The second kappa shape index (κ2) is 6.02. The van der Waals surface area contributed by atoms with Crippen LogP contribution in [0, 0.1) is 0 Å². The van der Waals surface area contributed by atoms with Crippen LogP contribution >= 0.6 is 15.9 Å². The molecule has 1 unspecified atom stereocenters.